The van der Waals surface area contributed by atoms with Crippen molar-refractivity contribution in [2.75, 3.05) is 26.3 Å². The van der Waals surface area contributed by atoms with Crippen LogP contribution in [0.5, 0.6) is 0 Å². The van der Waals surface area contributed by atoms with Crippen LogP contribution in [0.2, 0.25) is 0 Å². The molecule has 9 nitrogen and oxygen atoms in total. The molecule has 0 rings (SSSR count). The van der Waals surface area contributed by atoms with E-state index >= 15 is 0 Å². The minimum absolute atomic E-state index is 0. The predicted molar refractivity (Wildman–Crippen MR) is 68.3 cm³/mol. The standard InChI is InChI=1S/C6H13NO2.C2H7NO.2CO2.ClH/c1-2-3-6(8)9-5-4-7;3-1-2-4;2*2-1-3;/h2-5,7H2,1H3;4H,1-3H2;;;1H. The number of carbonyl (C=O) groups excluding carboxylic acids is 5. The summed E-state index contributed by atoms with van der Waals surface area (Å²) in [6, 6.07) is 0. The molecule has 0 heterocycles. The molecule has 0 bridgehead atoms. The average Bonchev–Trinajstić information content (AvgIpc) is 2.39. The van der Waals surface area contributed by atoms with Crippen LogP contribution in [0.15, 0.2) is 0 Å². The highest BCUT2D eigenvalue weighted by Crippen LogP contribution is 1.89. The van der Waals surface area contributed by atoms with Gasteiger partial charge in [0.1, 0.15) is 6.61 Å². The Morgan fingerprint density at radius 1 is 1.10 bits per heavy atom. The summed E-state index contributed by atoms with van der Waals surface area (Å²) in [5, 5.41) is 7.75. The molecule has 0 saturated carbocycles. The molecule has 0 amide bonds. The molecule has 0 atom stereocenters. The Hall–Kier alpha value is -1.60. The number of hydrogen-bond acceptors (Lipinski definition) is 9. The van der Waals surface area contributed by atoms with Crippen LogP contribution in [-0.4, -0.2) is 49.7 Å². The summed E-state index contributed by atoms with van der Waals surface area (Å²) < 4.78 is 4.67. The van der Waals surface area contributed by atoms with Crippen LogP contribution in [0, 0.1) is 0 Å². The van der Waals surface area contributed by atoms with E-state index in [-0.39, 0.29) is 37.3 Å². The molecule has 0 aliphatic heterocycles. The Morgan fingerprint density at radius 3 is 1.65 bits per heavy atom. The predicted octanol–water partition coefficient (Wildman–Crippen LogP) is -1.52. The van der Waals surface area contributed by atoms with E-state index < -0.39 is 0 Å². The van der Waals surface area contributed by atoms with Gasteiger partial charge in [-0.05, 0) is 6.42 Å². The number of hydrogen-bond donors (Lipinski definition) is 3. The Kier molecular flexibility index (Phi) is 67.1. The monoisotopic (exact) mass is 316 g/mol. The first-order valence-electron chi connectivity index (χ1n) is 5.21. The minimum atomic E-state index is -0.150. The second-order valence-corrected chi connectivity index (χ2v) is 2.44. The molecule has 0 aliphatic rings. The third-order valence-corrected chi connectivity index (χ3v) is 0.964. The zero-order valence-corrected chi connectivity index (χ0v) is 12.0. The van der Waals surface area contributed by atoms with Crippen molar-refractivity contribution in [2.24, 2.45) is 11.5 Å². The van der Waals surface area contributed by atoms with Crippen molar-refractivity contribution in [1.29, 1.82) is 0 Å². The Labute approximate surface area is 123 Å². The lowest BCUT2D eigenvalue weighted by molar-refractivity contribution is -0.193. The molecule has 0 aromatic rings. The van der Waals surface area contributed by atoms with E-state index in [1.807, 2.05) is 6.92 Å². The maximum atomic E-state index is 10.5. The van der Waals surface area contributed by atoms with E-state index in [9.17, 15) is 4.79 Å². The van der Waals surface area contributed by atoms with Gasteiger partial charge in [-0.1, -0.05) is 6.92 Å². The van der Waals surface area contributed by atoms with Crippen LogP contribution in [0.3, 0.4) is 0 Å². The van der Waals surface area contributed by atoms with Crippen LogP contribution in [0.1, 0.15) is 19.8 Å². The first kappa shape index (κ1) is 31.0. The quantitative estimate of drug-likeness (QED) is 0.510. The fraction of sp³-hybridized carbons (Fsp3) is 0.700. The molecule has 0 radical (unpaired) electrons. The first-order valence-corrected chi connectivity index (χ1v) is 5.21. The van der Waals surface area contributed by atoms with Gasteiger partial charge in [-0.15, -0.1) is 12.4 Å². The lowest BCUT2D eigenvalue weighted by Gasteiger charge is -1.99. The summed E-state index contributed by atoms with van der Waals surface area (Å²) >= 11 is 0. The first-order chi connectivity index (χ1) is 9.05. The maximum Gasteiger partial charge on any atom is 0.373 e. The van der Waals surface area contributed by atoms with Gasteiger partial charge in [-0.2, -0.15) is 19.2 Å². The van der Waals surface area contributed by atoms with Gasteiger partial charge in [0.15, 0.2) is 0 Å². The summed E-state index contributed by atoms with van der Waals surface area (Å²) in [7, 11) is 0. The van der Waals surface area contributed by atoms with E-state index in [4.69, 9.17) is 35.8 Å². The molecule has 0 saturated heterocycles. The van der Waals surface area contributed by atoms with Gasteiger partial charge in [-0.3, -0.25) is 4.79 Å². The molecular weight excluding hydrogens is 296 g/mol. The summed E-state index contributed by atoms with van der Waals surface area (Å²) in [4.78, 5) is 43.0. The molecule has 10 heteroatoms. The van der Waals surface area contributed by atoms with Crippen molar-refractivity contribution in [2.45, 2.75) is 19.8 Å². The van der Waals surface area contributed by atoms with Crippen LogP contribution in [-0.2, 0) is 28.7 Å². The van der Waals surface area contributed by atoms with Gasteiger partial charge in [0, 0.05) is 19.5 Å². The molecular formula is C10H21ClN2O7. The van der Waals surface area contributed by atoms with Gasteiger partial charge in [0.2, 0.25) is 0 Å². The number of rotatable bonds is 5. The summed E-state index contributed by atoms with van der Waals surface area (Å²) in [5.74, 6) is -0.150. The van der Waals surface area contributed by atoms with Crippen molar-refractivity contribution in [1.82, 2.24) is 0 Å². The number of esters is 1. The summed E-state index contributed by atoms with van der Waals surface area (Å²) in [6.45, 7) is 3.16. The van der Waals surface area contributed by atoms with E-state index in [0.29, 0.717) is 26.1 Å². The van der Waals surface area contributed by atoms with Gasteiger partial charge < -0.3 is 21.3 Å². The Balaban J connectivity index is -0.0000000575. The maximum absolute atomic E-state index is 10.5. The molecule has 20 heavy (non-hydrogen) atoms. The molecule has 0 fully saturated rings. The topological polar surface area (TPSA) is 167 Å². The fourth-order valence-electron chi connectivity index (χ4n) is 0.449. The third kappa shape index (κ3) is 95.0. The molecule has 0 spiro atoms. The number of halogens is 1. The minimum Gasteiger partial charge on any atom is -0.464 e. The highest BCUT2D eigenvalue weighted by atomic mass is 35.5. The van der Waals surface area contributed by atoms with E-state index in [2.05, 4.69) is 4.74 Å². The number of ether oxygens (including phenoxy) is 1. The van der Waals surface area contributed by atoms with Crippen LogP contribution >= 0.6 is 12.4 Å². The zero-order valence-electron chi connectivity index (χ0n) is 11.2. The van der Waals surface area contributed by atoms with Gasteiger partial charge in [0.05, 0.1) is 6.61 Å². The van der Waals surface area contributed by atoms with Crippen molar-refractivity contribution in [3.63, 3.8) is 0 Å². The van der Waals surface area contributed by atoms with Gasteiger partial charge in [-0.25, -0.2) is 0 Å². The Bertz CT molecular complexity index is 226. The van der Waals surface area contributed by atoms with Crippen LogP contribution < -0.4 is 11.5 Å². The van der Waals surface area contributed by atoms with E-state index in [1.165, 1.54) is 0 Å². The van der Waals surface area contributed by atoms with Crippen molar-refractivity contribution >= 4 is 30.7 Å². The van der Waals surface area contributed by atoms with Gasteiger partial charge >= 0.3 is 18.3 Å². The smallest absolute Gasteiger partial charge is 0.373 e. The number of nitrogens with two attached hydrogens (primary N) is 2. The fourth-order valence-corrected chi connectivity index (χ4v) is 0.449. The molecule has 0 aromatic carbocycles. The molecule has 0 aromatic heterocycles. The zero-order chi connectivity index (χ0) is 15.9. The van der Waals surface area contributed by atoms with Crippen LogP contribution in [0.25, 0.3) is 0 Å². The van der Waals surface area contributed by atoms with E-state index in [0.717, 1.165) is 6.42 Å². The third-order valence-electron chi connectivity index (χ3n) is 0.964. The van der Waals surface area contributed by atoms with Gasteiger partial charge in [0.25, 0.3) is 0 Å². The van der Waals surface area contributed by atoms with E-state index in [1.54, 1.807) is 0 Å². The van der Waals surface area contributed by atoms with Crippen LogP contribution in [0.4, 0.5) is 0 Å². The lowest BCUT2D eigenvalue weighted by Crippen LogP contribution is -2.12. The lowest BCUT2D eigenvalue weighted by atomic mass is 10.3. The summed E-state index contributed by atoms with van der Waals surface area (Å²) in [6.07, 6.45) is 1.84. The highest BCUT2D eigenvalue weighted by Gasteiger charge is 1.96. The normalized spacial score (nSPS) is 6.40. The average molecular weight is 317 g/mol. The molecule has 0 unspecified atom stereocenters. The number of aliphatic hydroxyl groups excluding tert-OH is 1. The second kappa shape index (κ2) is 43.3. The number of carbonyl (C=O) groups is 1. The van der Waals surface area contributed by atoms with Crippen molar-refractivity contribution in [3.05, 3.63) is 0 Å². The Morgan fingerprint density at radius 2 is 1.45 bits per heavy atom. The molecule has 120 valence electrons. The SMILES string of the molecule is CCCC(=O)OCCN.Cl.NCCO.O=C=O.O=C=O. The number of aliphatic hydroxyl groups is 1. The van der Waals surface area contributed by atoms with Crippen molar-refractivity contribution in [3.8, 4) is 0 Å². The molecule has 5 N–H and O–H groups in total. The second-order valence-electron chi connectivity index (χ2n) is 2.44. The highest BCUT2D eigenvalue weighted by molar-refractivity contribution is 5.85. The largest absolute Gasteiger partial charge is 0.464 e. The summed E-state index contributed by atoms with van der Waals surface area (Å²) in [5.41, 5.74) is 9.87. The van der Waals surface area contributed by atoms with Crippen molar-refractivity contribution < 1.29 is 33.8 Å². The molecule has 0 aliphatic carbocycles.